The smallest absolute Gasteiger partial charge is 0.179 e. The van der Waals surface area contributed by atoms with Crippen molar-refractivity contribution < 1.29 is 14.8 Å². The number of hydroxylamine groups is 2. The lowest BCUT2D eigenvalue weighted by atomic mass is 9.71. The lowest BCUT2D eigenvalue weighted by Crippen LogP contribution is -3.14. The van der Waals surface area contributed by atoms with Gasteiger partial charge < -0.3 is 9.94 Å². The first-order chi connectivity index (χ1) is 12.2. The van der Waals surface area contributed by atoms with E-state index in [1.807, 2.05) is 55.5 Å². The second kappa shape index (κ2) is 7.93. The van der Waals surface area contributed by atoms with Gasteiger partial charge in [-0.1, -0.05) is 60.7 Å². The van der Waals surface area contributed by atoms with Crippen molar-refractivity contribution in [1.82, 2.24) is 0 Å². The molecule has 0 saturated heterocycles. The minimum atomic E-state index is -0.797. The molecule has 25 heavy (non-hydrogen) atoms. The zero-order valence-corrected chi connectivity index (χ0v) is 14.6. The largest absolute Gasteiger partial charge is 0.599 e. The minimum absolute atomic E-state index is 0.0187. The highest BCUT2D eigenvalue weighted by atomic mass is 16.9. The van der Waals surface area contributed by atoms with Gasteiger partial charge in [0.25, 0.3) is 0 Å². The van der Waals surface area contributed by atoms with Crippen molar-refractivity contribution in [1.29, 1.82) is 0 Å². The average molecular weight is 339 g/mol. The van der Waals surface area contributed by atoms with Gasteiger partial charge in [0.15, 0.2) is 5.54 Å². The molecule has 0 fully saturated rings. The maximum Gasteiger partial charge on any atom is 0.179 e. The molecule has 0 saturated carbocycles. The lowest BCUT2D eigenvalue weighted by Gasteiger charge is -2.46. The van der Waals surface area contributed by atoms with Gasteiger partial charge in [0.1, 0.15) is 6.61 Å². The Labute approximate surface area is 149 Å². The van der Waals surface area contributed by atoms with Crippen LogP contribution in [0.5, 0.6) is 0 Å². The van der Waals surface area contributed by atoms with Gasteiger partial charge in [-0.25, -0.2) is 5.23 Å². The molecule has 0 spiro atoms. The zero-order chi connectivity index (χ0) is 17.7. The summed E-state index contributed by atoms with van der Waals surface area (Å²) in [5.41, 5.74) is 2.23. The third kappa shape index (κ3) is 3.26. The highest BCUT2D eigenvalue weighted by molar-refractivity contribution is 5.43. The van der Waals surface area contributed by atoms with E-state index < -0.39 is 5.54 Å². The van der Waals surface area contributed by atoms with Crippen LogP contribution in [0.15, 0.2) is 67.3 Å². The summed E-state index contributed by atoms with van der Waals surface area (Å²) < 4.78 is 5.93. The van der Waals surface area contributed by atoms with Crippen molar-refractivity contribution in [3.8, 4) is 0 Å². The molecule has 0 radical (unpaired) electrons. The molecule has 2 aromatic carbocycles. The van der Waals surface area contributed by atoms with E-state index in [1.165, 1.54) is 0 Å². The summed E-state index contributed by atoms with van der Waals surface area (Å²) >= 11 is 0. The van der Waals surface area contributed by atoms with Crippen LogP contribution in [0, 0.1) is 5.21 Å². The number of benzene rings is 2. The molecule has 0 heterocycles. The Balaban J connectivity index is 2.14. The number of hydrogen-bond donors (Lipinski definition) is 1. The van der Waals surface area contributed by atoms with E-state index in [0.717, 1.165) is 23.1 Å². The minimum Gasteiger partial charge on any atom is -0.599 e. The van der Waals surface area contributed by atoms with Crippen molar-refractivity contribution in [3.63, 3.8) is 0 Å². The van der Waals surface area contributed by atoms with E-state index in [9.17, 15) is 5.21 Å². The predicted molar refractivity (Wildman–Crippen MR) is 97.7 cm³/mol. The predicted octanol–water partition coefficient (Wildman–Crippen LogP) is 3.30. The van der Waals surface area contributed by atoms with Gasteiger partial charge in [0.05, 0.1) is 6.10 Å². The summed E-state index contributed by atoms with van der Waals surface area (Å²) in [6, 6.07) is 18.0. The standard InChI is InChI=1S/C21H25NO3/c1-3-16-25-22(23)21(17-10-6-5-7-11-17)15-14-20(24-4-2)18-12-8-9-13-19(18)21/h3,5-13,20,22H,1,4,14-16H2,2H3/t20-,21?/m1/s1. The van der Waals surface area contributed by atoms with Crippen LogP contribution in [0.2, 0.25) is 0 Å². The van der Waals surface area contributed by atoms with E-state index in [-0.39, 0.29) is 17.9 Å². The molecule has 1 N–H and O–H groups in total. The van der Waals surface area contributed by atoms with Crippen molar-refractivity contribution in [3.05, 3.63) is 89.1 Å². The summed E-state index contributed by atoms with van der Waals surface area (Å²) in [6.45, 7) is 6.52. The Morgan fingerprint density at radius 3 is 2.64 bits per heavy atom. The molecule has 0 aliphatic heterocycles. The van der Waals surface area contributed by atoms with E-state index in [1.54, 1.807) is 6.08 Å². The fourth-order valence-electron chi connectivity index (χ4n) is 3.79. The van der Waals surface area contributed by atoms with Crippen LogP contribution in [-0.2, 0) is 15.1 Å². The summed E-state index contributed by atoms with van der Waals surface area (Å²) in [4.78, 5) is 5.54. The van der Waals surface area contributed by atoms with Gasteiger partial charge >= 0.3 is 0 Å². The molecule has 0 bridgehead atoms. The first-order valence-corrected chi connectivity index (χ1v) is 8.78. The summed E-state index contributed by atoms with van der Waals surface area (Å²) in [5, 5.41) is 13.0. The SMILES string of the molecule is C=CCO[NH+]([O-])C1(c2ccccc2)CC[C@@H](OCC)c2ccccc21. The van der Waals surface area contributed by atoms with E-state index in [0.29, 0.717) is 13.0 Å². The Morgan fingerprint density at radius 1 is 1.20 bits per heavy atom. The van der Waals surface area contributed by atoms with E-state index in [4.69, 9.17) is 9.57 Å². The molecule has 2 aromatic rings. The van der Waals surface area contributed by atoms with Crippen LogP contribution in [0.25, 0.3) is 0 Å². The molecular weight excluding hydrogens is 314 g/mol. The second-order valence-electron chi connectivity index (χ2n) is 6.23. The van der Waals surface area contributed by atoms with Crippen molar-refractivity contribution in [2.75, 3.05) is 13.2 Å². The molecular formula is C21H25NO3. The normalized spacial score (nSPS) is 23.7. The van der Waals surface area contributed by atoms with Gasteiger partial charge in [-0.05, 0) is 18.9 Å². The molecule has 0 amide bonds. The molecule has 2 unspecified atom stereocenters. The van der Waals surface area contributed by atoms with Gasteiger partial charge in [0.2, 0.25) is 0 Å². The lowest BCUT2D eigenvalue weighted by molar-refractivity contribution is -1.09. The number of ether oxygens (including phenoxy) is 1. The molecule has 1 aliphatic carbocycles. The van der Waals surface area contributed by atoms with Gasteiger partial charge in [-0.3, -0.25) is 0 Å². The maximum absolute atomic E-state index is 13.2. The topological polar surface area (TPSA) is 46.0 Å². The number of hydrogen-bond acceptors (Lipinski definition) is 3. The van der Waals surface area contributed by atoms with Gasteiger partial charge in [-0.2, -0.15) is 4.84 Å². The van der Waals surface area contributed by atoms with E-state index >= 15 is 0 Å². The van der Waals surface area contributed by atoms with Crippen LogP contribution in [-0.4, -0.2) is 13.2 Å². The second-order valence-corrected chi connectivity index (χ2v) is 6.23. The monoisotopic (exact) mass is 339 g/mol. The Hall–Kier alpha value is -1.98. The zero-order valence-electron chi connectivity index (χ0n) is 14.6. The number of quaternary nitrogens is 1. The molecule has 3 atom stereocenters. The highest BCUT2D eigenvalue weighted by Crippen LogP contribution is 2.43. The first-order valence-electron chi connectivity index (χ1n) is 8.78. The number of fused-ring (bicyclic) bond motifs is 1. The summed E-state index contributed by atoms with van der Waals surface area (Å²) in [7, 11) is 0. The molecule has 4 nitrogen and oxygen atoms in total. The van der Waals surface area contributed by atoms with Gasteiger partial charge in [-0.15, -0.1) is 6.58 Å². The van der Waals surface area contributed by atoms with E-state index in [2.05, 4.69) is 12.6 Å². The Kier molecular flexibility index (Phi) is 5.66. The van der Waals surface area contributed by atoms with Crippen LogP contribution in [0.4, 0.5) is 0 Å². The first kappa shape index (κ1) is 17.8. The maximum atomic E-state index is 13.2. The summed E-state index contributed by atoms with van der Waals surface area (Å²) in [6.07, 6.45) is 3.07. The molecule has 3 rings (SSSR count). The Morgan fingerprint density at radius 2 is 1.92 bits per heavy atom. The van der Waals surface area contributed by atoms with Crippen molar-refractivity contribution in [2.45, 2.75) is 31.4 Å². The average Bonchev–Trinajstić information content (AvgIpc) is 2.67. The third-order valence-corrected chi connectivity index (χ3v) is 4.86. The number of nitrogens with one attached hydrogen (secondary N) is 1. The number of rotatable bonds is 7. The quantitative estimate of drug-likeness (QED) is 0.622. The molecule has 1 aliphatic rings. The fraction of sp³-hybridized carbons (Fsp3) is 0.333. The van der Waals surface area contributed by atoms with Crippen molar-refractivity contribution in [2.24, 2.45) is 0 Å². The van der Waals surface area contributed by atoms with Crippen LogP contribution in [0.3, 0.4) is 0 Å². The van der Waals surface area contributed by atoms with Crippen LogP contribution < -0.4 is 5.23 Å². The van der Waals surface area contributed by atoms with Crippen LogP contribution >= 0.6 is 0 Å². The Bertz CT molecular complexity index is 703. The molecule has 0 aromatic heterocycles. The summed E-state index contributed by atoms with van der Waals surface area (Å²) in [5.74, 6) is 0. The third-order valence-electron chi connectivity index (χ3n) is 4.86. The molecule has 132 valence electrons. The van der Waals surface area contributed by atoms with Crippen molar-refractivity contribution >= 4 is 0 Å². The fourth-order valence-corrected chi connectivity index (χ4v) is 3.79. The highest BCUT2D eigenvalue weighted by Gasteiger charge is 2.48. The van der Waals surface area contributed by atoms with Crippen LogP contribution in [0.1, 0.15) is 42.6 Å². The molecule has 4 heteroatoms. The van der Waals surface area contributed by atoms with Gasteiger partial charge in [0, 0.05) is 24.2 Å².